The second-order valence-electron chi connectivity index (χ2n) is 8.17. The topological polar surface area (TPSA) is 139 Å². The number of benzene rings is 1. The monoisotopic (exact) mass is 463 g/mol. The summed E-state index contributed by atoms with van der Waals surface area (Å²) < 4.78 is 35.5. The Kier molecular flexibility index (Phi) is 6.72. The fraction of sp³-hybridized carbons (Fsp3) is 0.476. The van der Waals surface area contributed by atoms with Crippen molar-refractivity contribution in [3.63, 3.8) is 0 Å². The van der Waals surface area contributed by atoms with E-state index in [1.54, 1.807) is 27.7 Å². The normalized spacial score (nSPS) is 12.4. The molecule has 0 aliphatic heterocycles. The minimum atomic E-state index is -3.96. The molecule has 0 amide bonds. The predicted octanol–water partition coefficient (Wildman–Crippen LogP) is 1.79. The number of aromatic nitrogens is 4. The number of hydrogen-bond donors (Lipinski definition) is 3. The molecule has 0 aliphatic rings. The molecule has 2 aromatic heterocycles. The van der Waals surface area contributed by atoms with E-state index in [4.69, 9.17) is 4.74 Å². The molecular weight excluding hydrogens is 434 g/mol. The Morgan fingerprint density at radius 1 is 1.28 bits per heavy atom. The third kappa shape index (κ3) is 4.69. The fourth-order valence-corrected chi connectivity index (χ4v) is 4.77. The quantitative estimate of drug-likeness (QED) is 0.440. The Bertz CT molecular complexity index is 1290. The average molecular weight is 464 g/mol. The van der Waals surface area contributed by atoms with Crippen LogP contribution in [0, 0.1) is 6.92 Å². The molecule has 0 aliphatic carbocycles. The molecule has 0 radical (unpaired) electrons. The zero-order chi connectivity index (χ0) is 23.7. The first-order valence-corrected chi connectivity index (χ1v) is 11.9. The number of aromatic amines is 1. The van der Waals surface area contributed by atoms with Crippen LogP contribution in [0.5, 0.6) is 5.75 Å². The van der Waals surface area contributed by atoms with Gasteiger partial charge in [-0.05, 0) is 52.3 Å². The van der Waals surface area contributed by atoms with Gasteiger partial charge in [0.15, 0.2) is 11.3 Å². The van der Waals surface area contributed by atoms with E-state index in [9.17, 15) is 18.3 Å². The van der Waals surface area contributed by atoms with Gasteiger partial charge in [0.1, 0.15) is 11.6 Å². The second-order valence-corrected chi connectivity index (χ2v) is 9.85. The summed E-state index contributed by atoms with van der Waals surface area (Å²) in [6, 6.07) is 4.33. The van der Waals surface area contributed by atoms with Crippen LogP contribution in [0.1, 0.15) is 45.6 Å². The molecule has 11 heteroatoms. The van der Waals surface area contributed by atoms with E-state index in [0.29, 0.717) is 41.4 Å². The summed E-state index contributed by atoms with van der Waals surface area (Å²) in [6.45, 7) is 8.67. The Morgan fingerprint density at radius 2 is 2.00 bits per heavy atom. The third-order valence-corrected chi connectivity index (χ3v) is 6.53. The molecule has 3 aromatic rings. The van der Waals surface area contributed by atoms with Crippen LogP contribution in [0.2, 0.25) is 0 Å². The first-order valence-electron chi connectivity index (χ1n) is 10.4. The van der Waals surface area contributed by atoms with Crippen LogP contribution in [0.3, 0.4) is 0 Å². The first kappa shape index (κ1) is 23.9. The summed E-state index contributed by atoms with van der Waals surface area (Å²) in [5.74, 6) is 1.20. The van der Waals surface area contributed by atoms with Crippen LogP contribution >= 0.6 is 0 Å². The summed E-state index contributed by atoms with van der Waals surface area (Å²) >= 11 is 0. The number of nitrogens with one attached hydrogen (secondary N) is 2. The zero-order valence-corrected chi connectivity index (χ0v) is 19.7. The molecule has 0 saturated heterocycles. The van der Waals surface area contributed by atoms with Gasteiger partial charge in [0, 0.05) is 6.42 Å². The van der Waals surface area contributed by atoms with E-state index in [2.05, 4.69) is 19.8 Å². The lowest BCUT2D eigenvalue weighted by atomic mass is 10.1. The lowest BCUT2D eigenvalue weighted by Crippen LogP contribution is -2.46. The Balaban J connectivity index is 2.22. The molecule has 1 aromatic carbocycles. The Morgan fingerprint density at radius 3 is 2.62 bits per heavy atom. The van der Waals surface area contributed by atoms with Crippen molar-refractivity contribution in [2.24, 2.45) is 0 Å². The van der Waals surface area contributed by atoms with Crippen molar-refractivity contribution in [3.05, 3.63) is 40.1 Å². The van der Waals surface area contributed by atoms with Gasteiger partial charge >= 0.3 is 0 Å². The summed E-state index contributed by atoms with van der Waals surface area (Å²) in [5, 5.41) is 14.0. The maximum absolute atomic E-state index is 12.9. The molecule has 0 fully saturated rings. The van der Waals surface area contributed by atoms with Crippen LogP contribution in [0.15, 0.2) is 27.9 Å². The van der Waals surface area contributed by atoms with Crippen molar-refractivity contribution in [2.75, 3.05) is 13.2 Å². The van der Waals surface area contributed by atoms with Crippen molar-refractivity contribution >= 4 is 15.5 Å². The number of hydrogen-bond acceptors (Lipinski definition) is 7. The van der Waals surface area contributed by atoms with Gasteiger partial charge < -0.3 is 14.8 Å². The number of aryl methyl sites for hydroxylation is 2. The molecule has 174 valence electrons. The van der Waals surface area contributed by atoms with Crippen LogP contribution in [-0.2, 0) is 16.4 Å². The third-order valence-electron chi connectivity index (χ3n) is 4.84. The van der Waals surface area contributed by atoms with E-state index in [-0.39, 0.29) is 22.9 Å². The molecule has 3 rings (SSSR count). The standard InChI is InChI=1S/C21H29N5O5S/c1-6-8-17-22-13(3)18-20(28)23-19(24-26(17)18)15-11-14(9-10-16(15)31-7-2)32(29,30)25-21(4,5)12-27/h9-11,25,27H,6-8,12H2,1-5H3,(H,23,24,28). The van der Waals surface area contributed by atoms with Gasteiger partial charge in [-0.15, -0.1) is 5.10 Å². The van der Waals surface area contributed by atoms with Crippen molar-refractivity contribution in [2.45, 2.75) is 57.9 Å². The van der Waals surface area contributed by atoms with Crippen molar-refractivity contribution in [3.8, 4) is 17.1 Å². The molecule has 3 N–H and O–H groups in total. The van der Waals surface area contributed by atoms with Crippen LogP contribution in [-0.4, -0.2) is 51.9 Å². The number of sulfonamides is 1. The van der Waals surface area contributed by atoms with E-state index >= 15 is 0 Å². The Hall–Kier alpha value is -2.76. The molecule has 0 unspecified atom stereocenters. The highest BCUT2D eigenvalue weighted by molar-refractivity contribution is 7.89. The number of rotatable bonds is 9. The van der Waals surface area contributed by atoms with Gasteiger partial charge in [0.05, 0.1) is 34.9 Å². The molecule has 2 heterocycles. The van der Waals surface area contributed by atoms with Crippen LogP contribution in [0.25, 0.3) is 16.9 Å². The summed E-state index contributed by atoms with van der Waals surface area (Å²) in [5.41, 5.74) is -0.176. The minimum absolute atomic E-state index is 0.0455. The summed E-state index contributed by atoms with van der Waals surface area (Å²) in [4.78, 5) is 20.0. The average Bonchev–Trinajstić information content (AvgIpc) is 3.03. The number of H-pyrrole nitrogens is 1. The van der Waals surface area contributed by atoms with Gasteiger partial charge in [-0.25, -0.2) is 22.6 Å². The van der Waals surface area contributed by atoms with E-state index in [1.807, 2.05) is 6.92 Å². The molecule has 0 bridgehead atoms. The van der Waals surface area contributed by atoms with E-state index < -0.39 is 15.6 Å². The van der Waals surface area contributed by atoms with Crippen molar-refractivity contribution in [1.29, 1.82) is 0 Å². The summed E-state index contributed by atoms with van der Waals surface area (Å²) in [6.07, 6.45) is 1.46. The molecule has 0 spiro atoms. The number of nitrogens with zero attached hydrogens (tertiary/aromatic N) is 3. The van der Waals surface area contributed by atoms with Gasteiger partial charge in [-0.2, -0.15) is 0 Å². The smallest absolute Gasteiger partial charge is 0.277 e. The molecular formula is C21H29N5O5S. The van der Waals surface area contributed by atoms with Crippen LogP contribution in [0.4, 0.5) is 0 Å². The van der Waals surface area contributed by atoms with Gasteiger partial charge in [0.25, 0.3) is 5.56 Å². The van der Waals surface area contributed by atoms with Crippen molar-refractivity contribution in [1.82, 2.24) is 24.3 Å². The fourth-order valence-electron chi connectivity index (χ4n) is 3.34. The largest absolute Gasteiger partial charge is 0.493 e. The van der Waals surface area contributed by atoms with Gasteiger partial charge in [0.2, 0.25) is 10.0 Å². The SMILES string of the molecule is CCCc1nc(C)c2c(=O)[nH]c(-c3cc(S(=O)(=O)NC(C)(C)CO)ccc3OCC)nn12. The molecule has 0 atom stereocenters. The maximum Gasteiger partial charge on any atom is 0.277 e. The summed E-state index contributed by atoms with van der Waals surface area (Å²) in [7, 11) is -3.96. The van der Waals surface area contributed by atoms with Gasteiger partial charge in [-0.1, -0.05) is 6.92 Å². The van der Waals surface area contributed by atoms with Crippen LogP contribution < -0.4 is 15.0 Å². The predicted molar refractivity (Wildman–Crippen MR) is 120 cm³/mol. The minimum Gasteiger partial charge on any atom is -0.493 e. The highest BCUT2D eigenvalue weighted by Gasteiger charge is 2.27. The maximum atomic E-state index is 12.9. The van der Waals surface area contributed by atoms with Gasteiger partial charge in [-0.3, -0.25) is 4.79 Å². The van der Waals surface area contributed by atoms with E-state index in [0.717, 1.165) is 6.42 Å². The number of aliphatic hydroxyl groups excluding tert-OH is 1. The first-order chi connectivity index (χ1) is 15.0. The number of ether oxygens (including phenoxy) is 1. The van der Waals surface area contributed by atoms with Crippen molar-refractivity contribution < 1.29 is 18.3 Å². The number of fused-ring (bicyclic) bond motifs is 1. The Labute approximate surface area is 186 Å². The molecule has 32 heavy (non-hydrogen) atoms. The number of imidazole rings is 1. The molecule has 10 nitrogen and oxygen atoms in total. The lowest BCUT2D eigenvalue weighted by molar-refractivity contribution is 0.208. The highest BCUT2D eigenvalue weighted by Crippen LogP contribution is 2.30. The number of aliphatic hydroxyl groups is 1. The van der Waals surface area contributed by atoms with E-state index in [1.165, 1.54) is 22.7 Å². The zero-order valence-electron chi connectivity index (χ0n) is 18.9. The molecule has 0 saturated carbocycles. The second kappa shape index (κ2) is 9.00. The lowest BCUT2D eigenvalue weighted by Gasteiger charge is -2.23. The highest BCUT2D eigenvalue weighted by atomic mass is 32.2.